The maximum Gasteiger partial charge on any atom is 0.213 e. The van der Waals surface area contributed by atoms with Crippen molar-refractivity contribution >= 4 is 0 Å². The molecule has 0 aromatic carbocycles. The third kappa shape index (κ3) is 2.18. The summed E-state index contributed by atoms with van der Waals surface area (Å²) in [6.07, 6.45) is 4.01. The van der Waals surface area contributed by atoms with Gasteiger partial charge in [0.05, 0.1) is 30.6 Å². The Labute approximate surface area is 117 Å². The summed E-state index contributed by atoms with van der Waals surface area (Å²) in [6, 6.07) is 3.78. The van der Waals surface area contributed by atoms with Crippen LogP contribution in [0.5, 0.6) is 5.88 Å². The average molecular weight is 269 g/mol. The molecule has 1 aliphatic rings. The van der Waals surface area contributed by atoms with Gasteiger partial charge in [-0.25, -0.2) is 4.98 Å². The summed E-state index contributed by atoms with van der Waals surface area (Å²) in [6.45, 7) is 5.13. The number of fused-ring (bicyclic) bond motifs is 1. The van der Waals surface area contributed by atoms with Crippen LogP contribution in [0.25, 0.3) is 11.3 Å². The number of aromatic nitrogens is 3. The highest BCUT2D eigenvalue weighted by molar-refractivity contribution is 5.64. The number of aromatic amines is 1. The van der Waals surface area contributed by atoms with Crippen molar-refractivity contribution in [3.8, 4) is 23.3 Å². The predicted octanol–water partition coefficient (Wildman–Crippen LogP) is 2.06. The maximum atomic E-state index is 8.95. The van der Waals surface area contributed by atoms with Crippen molar-refractivity contribution in [2.45, 2.75) is 33.0 Å². The third-order valence-corrected chi connectivity index (χ3v) is 3.16. The number of rotatable bonds is 3. The van der Waals surface area contributed by atoms with Gasteiger partial charge in [0.15, 0.2) is 6.19 Å². The number of ether oxygens (including phenoxy) is 1. The zero-order valence-electron chi connectivity index (χ0n) is 11.4. The molecule has 0 fully saturated rings. The summed E-state index contributed by atoms with van der Waals surface area (Å²) in [5.41, 5.74) is 3.87. The molecule has 0 amide bonds. The molecule has 3 heterocycles. The molecule has 0 atom stereocenters. The molecule has 0 saturated carbocycles. The molecule has 102 valence electrons. The van der Waals surface area contributed by atoms with Crippen molar-refractivity contribution in [3.63, 3.8) is 0 Å². The topological polar surface area (TPSA) is 77.8 Å². The van der Waals surface area contributed by atoms with E-state index in [4.69, 9.17) is 10.00 Å². The SMILES string of the molecule is CC(C)Oc1ccc(-c2n[nH]c3c2CN(C#N)C3)cn1. The van der Waals surface area contributed by atoms with Gasteiger partial charge in [0, 0.05) is 23.4 Å². The molecule has 1 N–H and O–H groups in total. The fourth-order valence-corrected chi connectivity index (χ4v) is 2.28. The molecule has 0 bridgehead atoms. The monoisotopic (exact) mass is 269 g/mol. The van der Waals surface area contributed by atoms with Crippen molar-refractivity contribution in [1.82, 2.24) is 20.1 Å². The Morgan fingerprint density at radius 2 is 2.25 bits per heavy atom. The quantitative estimate of drug-likeness (QED) is 0.863. The van der Waals surface area contributed by atoms with Gasteiger partial charge >= 0.3 is 0 Å². The minimum Gasteiger partial charge on any atom is -0.475 e. The van der Waals surface area contributed by atoms with E-state index >= 15 is 0 Å². The van der Waals surface area contributed by atoms with Gasteiger partial charge in [0.2, 0.25) is 5.88 Å². The molecule has 2 aromatic heterocycles. The number of nitriles is 1. The second-order valence-corrected chi connectivity index (χ2v) is 5.04. The smallest absolute Gasteiger partial charge is 0.213 e. The highest BCUT2D eigenvalue weighted by atomic mass is 16.5. The molecule has 6 heteroatoms. The summed E-state index contributed by atoms with van der Waals surface area (Å²) >= 11 is 0. The van der Waals surface area contributed by atoms with E-state index in [0.29, 0.717) is 19.0 Å². The third-order valence-electron chi connectivity index (χ3n) is 3.16. The standard InChI is InChI=1S/C14H15N5O/c1-9(2)20-13-4-3-10(5-16-13)14-11-6-19(8-15)7-12(11)17-18-14/h3-5,9H,6-7H2,1-2H3,(H,17,18). The molecular weight excluding hydrogens is 254 g/mol. The van der Waals surface area contributed by atoms with Crippen molar-refractivity contribution in [2.75, 3.05) is 0 Å². The molecule has 0 spiro atoms. The van der Waals surface area contributed by atoms with Crippen LogP contribution in [0.15, 0.2) is 18.3 Å². The van der Waals surface area contributed by atoms with Gasteiger partial charge in [-0.1, -0.05) is 0 Å². The molecule has 0 unspecified atom stereocenters. The van der Waals surface area contributed by atoms with Gasteiger partial charge in [-0.3, -0.25) is 5.10 Å². The Morgan fingerprint density at radius 1 is 1.40 bits per heavy atom. The van der Waals surface area contributed by atoms with Crippen molar-refractivity contribution < 1.29 is 4.74 Å². The lowest BCUT2D eigenvalue weighted by Gasteiger charge is -2.09. The van der Waals surface area contributed by atoms with Crippen LogP contribution in [-0.2, 0) is 13.1 Å². The number of nitrogens with one attached hydrogen (secondary N) is 1. The zero-order chi connectivity index (χ0) is 14.1. The van der Waals surface area contributed by atoms with E-state index < -0.39 is 0 Å². The van der Waals surface area contributed by atoms with Crippen LogP contribution < -0.4 is 4.74 Å². The predicted molar refractivity (Wildman–Crippen MR) is 72.4 cm³/mol. The number of nitrogens with zero attached hydrogens (tertiary/aromatic N) is 4. The van der Waals surface area contributed by atoms with E-state index in [1.807, 2.05) is 26.0 Å². The van der Waals surface area contributed by atoms with Gasteiger partial charge in [-0.15, -0.1) is 0 Å². The summed E-state index contributed by atoms with van der Waals surface area (Å²) in [4.78, 5) is 5.98. The first-order valence-electron chi connectivity index (χ1n) is 6.51. The van der Waals surface area contributed by atoms with E-state index in [2.05, 4.69) is 21.4 Å². The maximum absolute atomic E-state index is 8.95. The first kappa shape index (κ1) is 12.5. The summed E-state index contributed by atoms with van der Waals surface area (Å²) < 4.78 is 5.52. The summed E-state index contributed by atoms with van der Waals surface area (Å²) in [5, 5.41) is 16.3. The van der Waals surface area contributed by atoms with Crippen molar-refractivity contribution in [1.29, 1.82) is 5.26 Å². The minimum atomic E-state index is 0.104. The van der Waals surface area contributed by atoms with Crippen LogP contribution in [0.1, 0.15) is 25.1 Å². The molecule has 0 saturated heterocycles. The number of pyridine rings is 1. The minimum absolute atomic E-state index is 0.104. The normalized spacial score (nSPS) is 13.4. The molecule has 3 rings (SSSR count). The van der Waals surface area contributed by atoms with Crippen LogP contribution in [-0.4, -0.2) is 26.2 Å². The van der Waals surface area contributed by atoms with Crippen LogP contribution in [0.2, 0.25) is 0 Å². The van der Waals surface area contributed by atoms with E-state index in [0.717, 1.165) is 22.5 Å². The first-order chi connectivity index (χ1) is 9.67. The van der Waals surface area contributed by atoms with E-state index in [1.165, 1.54) is 0 Å². The molecule has 20 heavy (non-hydrogen) atoms. The van der Waals surface area contributed by atoms with Gasteiger partial charge in [0.25, 0.3) is 0 Å². The Kier molecular flexibility index (Phi) is 3.03. The fraction of sp³-hybridized carbons (Fsp3) is 0.357. The largest absolute Gasteiger partial charge is 0.475 e. The summed E-state index contributed by atoms with van der Waals surface area (Å²) in [7, 11) is 0. The molecule has 1 aliphatic heterocycles. The van der Waals surface area contributed by atoms with Gasteiger partial charge in [0.1, 0.15) is 0 Å². The first-order valence-corrected chi connectivity index (χ1v) is 6.51. The Bertz CT molecular complexity index is 653. The molecule has 0 radical (unpaired) electrons. The highest BCUT2D eigenvalue weighted by Gasteiger charge is 2.24. The number of hydrogen-bond donors (Lipinski definition) is 1. The Morgan fingerprint density at radius 3 is 2.90 bits per heavy atom. The van der Waals surface area contributed by atoms with Crippen molar-refractivity contribution in [2.24, 2.45) is 0 Å². The molecule has 2 aromatic rings. The van der Waals surface area contributed by atoms with E-state index in [1.54, 1.807) is 11.1 Å². The second-order valence-electron chi connectivity index (χ2n) is 5.04. The van der Waals surface area contributed by atoms with Crippen LogP contribution in [0, 0.1) is 11.5 Å². The van der Waals surface area contributed by atoms with Gasteiger partial charge in [-0.2, -0.15) is 10.4 Å². The number of hydrogen-bond acceptors (Lipinski definition) is 5. The second kappa shape index (κ2) is 4.85. The molecule has 6 nitrogen and oxygen atoms in total. The lowest BCUT2D eigenvalue weighted by atomic mass is 10.1. The Hall–Kier alpha value is -2.55. The average Bonchev–Trinajstić information content (AvgIpc) is 2.98. The van der Waals surface area contributed by atoms with E-state index in [9.17, 15) is 0 Å². The van der Waals surface area contributed by atoms with Crippen LogP contribution in [0.4, 0.5) is 0 Å². The molecular formula is C14H15N5O. The number of H-pyrrole nitrogens is 1. The lowest BCUT2D eigenvalue weighted by Crippen LogP contribution is -2.08. The zero-order valence-corrected chi connectivity index (χ0v) is 11.4. The van der Waals surface area contributed by atoms with E-state index in [-0.39, 0.29) is 6.10 Å². The lowest BCUT2D eigenvalue weighted by molar-refractivity contribution is 0.232. The van der Waals surface area contributed by atoms with Gasteiger partial charge < -0.3 is 9.64 Å². The molecule has 0 aliphatic carbocycles. The van der Waals surface area contributed by atoms with Crippen molar-refractivity contribution in [3.05, 3.63) is 29.6 Å². The van der Waals surface area contributed by atoms with Gasteiger partial charge in [-0.05, 0) is 19.9 Å². The van der Waals surface area contributed by atoms with Crippen LogP contribution in [0.3, 0.4) is 0 Å². The fourth-order valence-electron chi connectivity index (χ4n) is 2.28. The Balaban J connectivity index is 1.86. The highest BCUT2D eigenvalue weighted by Crippen LogP contribution is 2.30. The summed E-state index contributed by atoms with van der Waals surface area (Å²) in [5.74, 6) is 0.606. The van der Waals surface area contributed by atoms with Crippen LogP contribution >= 0.6 is 0 Å².